The molecule has 0 unspecified atom stereocenters. The Morgan fingerprint density at radius 1 is 1.16 bits per heavy atom. The summed E-state index contributed by atoms with van der Waals surface area (Å²) in [7, 11) is 2.18. The van der Waals surface area contributed by atoms with Crippen LogP contribution in [0.5, 0.6) is 0 Å². The highest BCUT2D eigenvalue weighted by molar-refractivity contribution is 6.34. The molecule has 1 fully saturated rings. The SMILES string of the molecule is Cc1ccc(N(C=C2C(=O)Nc3ccc4ncccc4c32)CNC2CCN(C)CC2)cc1. The number of piperidine rings is 1. The second kappa shape index (κ2) is 8.73. The van der Waals surface area contributed by atoms with Crippen LogP contribution in [0.15, 0.2) is 60.9 Å². The highest BCUT2D eigenvalue weighted by atomic mass is 16.2. The van der Waals surface area contributed by atoms with E-state index in [1.807, 2.05) is 30.5 Å². The number of hydrogen-bond donors (Lipinski definition) is 2. The van der Waals surface area contributed by atoms with E-state index < -0.39 is 0 Å². The fourth-order valence-electron chi connectivity index (χ4n) is 4.52. The van der Waals surface area contributed by atoms with Crippen LogP contribution in [0.3, 0.4) is 0 Å². The van der Waals surface area contributed by atoms with Gasteiger partial charge in [0.15, 0.2) is 0 Å². The van der Waals surface area contributed by atoms with Gasteiger partial charge >= 0.3 is 0 Å². The molecule has 2 aromatic carbocycles. The maximum absolute atomic E-state index is 13.0. The van der Waals surface area contributed by atoms with Crippen LogP contribution in [0.2, 0.25) is 0 Å². The molecule has 1 aromatic heterocycles. The monoisotopic (exact) mass is 427 g/mol. The van der Waals surface area contributed by atoms with E-state index in [4.69, 9.17) is 0 Å². The molecule has 0 spiro atoms. The number of rotatable bonds is 5. The number of aromatic nitrogens is 1. The summed E-state index contributed by atoms with van der Waals surface area (Å²) >= 11 is 0. The van der Waals surface area contributed by atoms with Crippen LogP contribution in [-0.4, -0.2) is 48.6 Å². The second-order valence-corrected chi connectivity index (χ2v) is 8.80. The molecule has 2 aliphatic heterocycles. The van der Waals surface area contributed by atoms with Gasteiger partial charge in [0.2, 0.25) is 0 Å². The molecule has 0 aliphatic carbocycles. The number of fused-ring (bicyclic) bond motifs is 3. The largest absolute Gasteiger partial charge is 0.334 e. The van der Waals surface area contributed by atoms with Gasteiger partial charge in [-0.25, -0.2) is 0 Å². The Morgan fingerprint density at radius 2 is 1.94 bits per heavy atom. The number of anilines is 2. The van der Waals surface area contributed by atoms with Crippen molar-refractivity contribution in [2.75, 3.05) is 37.0 Å². The Labute approximate surface area is 188 Å². The van der Waals surface area contributed by atoms with Gasteiger partial charge in [0.1, 0.15) is 0 Å². The number of carbonyl (C=O) groups is 1. The summed E-state index contributed by atoms with van der Waals surface area (Å²) in [5, 5.41) is 7.73. The zero-order valence-corrected chi connectivity index (χ0v) is 18.6. The maximum atomic E-state index is 13.0. The zero-order valence-electron chi connectivity index (χ0n) is 18.6. The number of nitrogens with zero attached hydrogens (tertiary/aromatic N) is 3. The Kier molecular flexibility index (Phi) is 5.64. The maximum Gasteiger partial charge on any atom is 0.257 e. The molecule has 5 rings (SSSR count). The molecule has 32 heavy (non-hydrogen) atoms. The molecule has 1 saturated heterocycles. The van der Waals surface area contributed by atoms with Crippen molar-refractivity contribution in [3.8, 4) is 0 Å². The van der Waals surface area contributed by atoms with Crippen LogP contribution < -0.4 is 15.5 Å². The topological polar surface area (TPSA) is 60.5 Å². The number of likely N-dealkylation sites (tertiary alicyclic amines) is 1. The van der Waals surface area contributed by atoms with Crippen molar-refractivity contribution in [3.05, 3.63) is 72.1 Å². The van der Waals surface area contributed by atoms with Crippen molar-refractivity contribution in [3.63, 3.8) is 0 Å². The lowest BCUT2D eigenvalue weighted by atomic mass is 10.0. The van der Waals surface area contributed by atoms with Gasteiger partial charge in [0.05, 0.1) is 17.8 Å². The molecule has 0 radical (unpaired) electrons. The fraction of sp³-hybridized carbons (Fsp3) is 0.308. The van der Waals surface area contributed by atoms with Gasteiger partial charge in [-0.15, -0.1) is 0 Å². The summed E-state index contributed by atoms with van der Waals surface area (Å²) in [6.07, 6.45) is 6.04. The predicted molar refractivity (Wildman–Crippen MR) is 131 cm³/mol. The smallest absolute Gasteiger partial charge is 0.257 e. The summed E-state index contributed by atoms with van der Waals surface area (Å²) in [5.41, 5.74) is 5.60. The van der Waals surface area contributed by atoms with E-state index in [0.717, 1.165) is 53.8 Å². The Hall–Kier alpha value is -3.22. The highest BCUT2D eigenvalue weighted by Gasteiger charge is 2.27. The normalized spacial score (nSPS) is 18.2. The first-order valence-corrected chi connectivity index (χ1v) is 11.2. The van der Waals surface area contributed by atoms with Gasteiger partial charge in [-0.3, -0.25) is 15.1 Å². The quantitative estimate of drug-likeness (QED) is 0.476. The molecule has 6 nitrogen and oxygen atoms in total. The molecule has 2 aliphatic rings. The molecule has 2 N–H and O–H groups in total. The van der Waals surface area contributed by atoms with E-state index in [9.17, 15) is 4.79 Å². The first-order valence-electron chi connectivity index (χ1n) is 11.2. The Bertz CT molecular complexity index is 1160. The summed E-state index contributed by atoms with van der Waals surface area (Å²) in [6.45, 7) is 4.95. The van der Waals surface area contributed by atoms with Crippen LogP contribution in [0.4, 0.5) is 11.4 Å². The van der Waals surface area contributed by atoms with Gasteiger partial charge < -0.3 is 15.1 Å². The average molecular weight is 428 g/mol. The number of benzene rings is 2. The van der Waals surface area contributed by atoms with Crippen LogP contribution >= 0.6 is 0 Å². The van der Waals surface area contributed by atoms with E-state index >= 15 is 0 Å². The van der Waals surface area contributed by atoms with Gasteiger partial charge in [-0.1, -0.05) is 23.8 Å². The van der Waals surface area contributed by atoms with E-state index in [1.54, 1.807) is 6.20 Å². The summed E-state index contributed by atoms with van der Waals surface area (Å²) in [4.78, 5) is 22.0. The molecule has 3 aromatic rings. The van der Waals surface area contributed by atoms with Crippen LogP contribution in [0.25, 0.3) is 16.5 Å². The van der Waals surface area contributed by atoms with Gasteiger partial charge in [-0.2, -0.15) is 0 Å². The van der Waals surface area contributed by atoms with Crippen molar-refractivity contribution in [1.82, 2.24) is 15.2 Å². The number of nitrogens with one attached hydrogen (secondary N) is 2. The molecule has 0 bridgehead atoms. The average Bonchev–Trinajstić information content (AvgIpc) is 3.13. The van der Waals surface area contributed by atoms with Crippen molar-refractivity contribution < 1.29 is 4.79 Å². The Balaban J connectivity index is 1.50. The first kappa shape index (κ1) is 20.7. The standard InChI is InChI=1S/C26H29N5O/c1-18-5-7-20(8-6-18)31(17-28-19-11-14-30(2)15-12-19)16-22-25-21-4-3-13-27-23(21)9-10-24(25)29-26(22)32/h3-10,13,16,19,28H,11-12,14-15,17H2,1-2H3,(H,29,32). The molecule has 164 valence electrons. The second-order valence-electron chi connectivity index (χ2n) is 8.80. The van der Waals surface area contributed by atoms with Crippen LogP contribution in [0, 0.1) is 6.92 Å². The third-order valence-corrected chi connectivity index (χ3v) is 6.47. The third kappa shape index (κ3) is 4.11. The minimum absolute atomic E-state index is 0.0762. The van der Waals surface area contributed by atoms with E-state index in [0.29, 0.717) is 18.3 Å². The van der Waals surface area contributed by atoms with E-state index in [2.05, 4.69) is 63.7 Å². The number of pyridine rings is 1. The first-order chi connectivity index (χ1) is 15.6. The highest BCUT2D eigenvalue weighted by Crippen LogP contribution is 2.37. The molecule has 0 saturated carbocycles. The van der Waals surface area contributed by atoms with Crippen LogP contribution in [0.1, 0.15) is 24.0 Å². The molecule has 0 atom stereocenters. The van der Waals surface area contributed by atoms with Gasteiger partial charge in [0.25, 0.3) is 5.91 Å². The number of aryl methyl sites for hydroxylation is 1. The van der Waals surface area contributed by atoms with Crippen molar-refractivity contribution in [2.24, 2.45) is 0 Å². The fourth-order valence-corrected chi connectivity index (χ4v) is 4.52. The summed E-state index contributed by atoms with van der Waals surface area (Å²) in [5.74, 6) is -0.0762. The lowest BCUT2D eigenvalue weighted by Gasteiger charge is -2.32. The minimum Gasteiger partial charge on any atom is -0.334 e. The molecule has 6 heteroatoms. The van der Waals surface area contributed by atoms with Crippen molar-refractivity contribution in [2.45, 2.75) is 25.8 Å². The third-order valence-electron chi connectivity index (χ3n) is 6.47. The lowest BCUT2D eigenvalue weighted by Crippen LogP contribution is -2.44. The number of hydrogen-bond acceptors (Lipinski definition) is 5. The number of amides is 1. The van der Waals surface area contributed by atoms with Crippen LogP contribution in [-0.2, 0) is 4.79 Å². The van der Waals surface area contributed by atoms with Crippen molar-refractivity contribution >= 4 is 33.8 Å². The Morgan fingerprint density at radius 3 is 2.72 bits per heavy atom. The predicted octanol–water partition coefficient (Wildman–Crippen LogP) is 3.98. The number of carbonyl (C=O) groups excluding carboxylic acids is 1. The molecule has 1 amide bonds. The van der Waals surface area contributed by atoms with E-state index in [1.165, 1.54) is 5.56 Å². The van der Waals surface area contributed by atoms with Gasteiger partial charge in [-0.05, 0) is 70.2 Å². The van der Waals surface area contributed by atoms with E-state index in [-0.39, 0.29) is 5.91 Å². The molecular formula is C26H29N5O. The lowest BCUT2D eigenvalue weighted by molar-refractivity contribution is -0.110. The van der Waals surface area contributed by atoms with Gasteiger partial charge in [0, 0.05) is 40.8 Å². The molecular weight excluding hydrogens is 398 g/mol. The zero-order chi connectivity index (χ0) is 22.1. The molecule has 3 heterocycles. The van der Waals surface area contributed by atoms with Crippen molar-refractivity contribution in [1.29, 1.82) is 0 Å². The minimum atomic E-state index is -0.0762. The summed E-state index contributed by atoms with van der Waals surface area (Å²) < 4.78 is 0. The summed E-state index contributed by atoms with van der Waals surface area (Å²) in [6, 6.07) is 16.8.